The van der Waals surface area contributed by atoms with E-state index in [9.17, 15) is 0 Å². The molecule has 0 N–H and O–H groups in total. The average molecular weight is 214 g/mol. The standard InChI is InChI=1S/C12H22O3/c1-10(2,3)11(4)13-12(15-14-11)8-6-5-7-9-12/h5-9H2,1-4H3. The molecule has 0 bridgehead atoms. The highest BCUT2D eigenvalue weighted by Gasteiger charge is 2.55. The molecule has 1 aliphatic heterocycles. The summed E-state index contributed by atoms with van der Waals surface area (Å²) in [5.41, 5.74) is -0.0754. The Morgan fingerprint density at radius 3 is 2.00 bits per heavy atom. The minimum atomic E-state index is -0.621. The predicted molar refractivity (Wildman–Crippen MR) is 56.9 cm³/mol. The van der Waals surface area contributed by atoms with Crippen LogP contribution in [0, 0.1) is 5.41 Å². The maximum Gasteiger partial charge on any atom is 0.206 e. The van der Waals surface area contributed by atoms with Gasteiger partial charge in [0, 0.05) is 18.3 Å². The van der Waals surface area contributed by atoms with E-state index in [4.69, 9.17) is 14.5 Å². The summed E-state index contributed by atoms with van der Waals surface area (Å²) in [6.45, 7) is 8.30. The Labute approximate surface area is 92.0 Å². The van der Waals surface area contributed by atoms with Crippen LogP contribution < -0.4 is 0 Å². The molecular formula is C12H22O3. The van der Waals surface area contributed by atoms with Crippen molar-refractivity contribution in [2.24, 2.45) is 5.41 Å². The van der Waals surface area contributed by atoms with Crippen molar-refractivity contribution >= 4 is 0 Å². The Balaban J connectivity index is 2.11. The fourth-order valence-corrected chi connectivity index (χ4v) is 2.10. The first-order valence-electron chi connectivity index (χ1n) is 5.94. The van der Waals surface area contributed by atoms with Gasteiger partial charge in [-0.25, -0.2) is 0 Å². The van der Waals surface area contributed by atoms with E-state index in [-0.39, 0.29) is 5.41 Å². The molecule has 3 nitrogen and oxygen atoms in total. The van der Waals surface area contributed by atoms with Gasteiger partial charge in [0.2, 0.25) is 11.6 Å². The van der Waals surface area contributed by atoms with Crippen LogP contribution >= 0.6 is 0 Å². The van der Waals surface area contributed by atoms with Gasteiger partial charge in [0.15, 0.2) is 0 Å². The molecule has 3 heteroatoms. The van der Waals surface area contributed by atoms with Crippen molar-refractivity contribution in [1.82, 2.24) is 0 Å². The molecule has 0 aromatic rings. The Hall–Kier alpha value is -0.120. The zero-order chi connectivity index (χ0) is 11.2. The fourth-order valence-electron chi connectivity index (χ4n) is 2.10. The summed E-state index contributed by atoms with van der Waals surface area (Å²) in [5, 5.41) is 0. The average Bonchev–Trinajstić information content (AvgIpc) is 2.45. The number of hydrogen-bond acceptors (Lipinski definition) is 3. The summed E-state index contributed by atoms with van der Waals surface area (Å²) in [7, 11) is 0. The number of ether oxygens (including phenoxy) is 1. The lowest BCUT2D eigenvalue weighted by molar-refractivity contribution is -0.365. The Morgan fingerprint density at radius 2 is 1.53 bits per heavy atom. The van der Waals surface area contributed by atoms with E-state index in [2.05, 4.69) is 20.8 Å². The second-order valence-corrected chi connectivity index (χ2v) is 5.94. The third-order valence-corrected chi connectivity index (χ3v) is 3.71. The molecule has 0 radical (unpaired) electrons. The lowest BCUT2D eigenvalue weighted by Gasteiger charge is -2.36. The van der Waals surface area contributed by atoms with Gasteiger partial charge in [-0.15, -0.1) is 0 Å². The van der Waals surface area contributed by atoms with Crippen LogP contribution in [0.2, 0.25) is 0 Å². The van der Waals surface area contributed by atoms with Gasteiger partial charge >= 0.3 is 0 Å². The van der Waals surface area contributed by atoms with Crippen LogP contribution in [0.15, 0.2) is 0 Å². The third kappa shape index (κ3) is 1.93. The maximum absolute atomic E-state index is 6.10. The van der Waals surface area contributed by atoms with Crippen LogP contribution in [0.25, 0.3) is 0 Å². The summed E-state index contributed by atoms with van der Waals surface area (Å²) < 4.78 is 6.10. The maximum atomic E-state index is 6.10. The largest absolute Gasteiger partial charge is 0.312 e. The molecular weight excluding hydrogens is 192 g/mol. The number of rotatable bonds is 0. The molecule has 88 valence electrons. The SMILES string of the molecule is CC(C)(C)C1(C)OOC2(CCCCC2)O1. The highest BCUT2D eigenvalue weighted by Crippen LogP contribution is 2.48. The molecule has 1 aliphatic carbocycles. The molecule has 1 saturated carbocycles. The minimum absolute atomic E-state index is 0.0754. The van der Waals surface area contributed by atoms with Gasteiger partial charge in [0.05, 0.1) is 0 Å². The molecule has 0 aromatic heterocycles. The lowest BCUT2D eigenvalue weighted by Crippen LogP contribution is -2.44. The van der Waals surface area contributed by atoms with Crippen LogP contribution in [0.3, 0.4) is 0 Å². The Morgan fingerprint density at radius 1 is 0.933 bits per heavy atom. The zero-order valence-electron chi connectivity index (χ0n) is 10.3. The predicted octanol–water partition coefficient (Wildman–Crippen LogP) is 3.39. The quantitative estimate of drug-likeness (QED) is 0.578. The third-order valence-electron chi connectivity index (χ3n) is 3.71. The first-order chi connectivity index (χ1) is 6.87. The van der Waals surface area contributed by atoms with Crippen LogP contribution in [-0.2, 0) is 14.5 Å². The first kappa shape index (κ1) is 11.4. The minimum Gasteiger partial charge on any atom is -0.312 e. The summed E-state index contributed by atoms with van der Waals surface area (Å²) in [4.78, 5) is 11.0. The topological polar surface area (TPSA) is 27.7 Å². The first-order valence-corrected chi connectivity index (χ1v) is 5.94. The van der Waals surface area contributed by atoms with Gasteiger partial charge in [-0.05, 0) is 19.8 Å². The normalized spacial score (nSPS) is 36.0. The zero-order valence-corrected chi connectivity index (χ0v) is 10.3. The molecule has 1 unspecified atom stereocenters. The molecule has 15 heavy (non-hydrogen) atoms. The van der Waals surface area contributed by atoms with Gasteiger partial charge in [0.25, 0.3) is 0 Å². The van der Waals surface area contributed by atoms with E-state index >= 15 is 0 Å². The summed E-state index contributed by atoms with van der Waals surface area (Å²) in [5.74, 6) is -1.08. The van der Waals surface area contributed by atoms with Crippen molar-refractivity contribution < 1.29 is 14.5 Å². The molecule has 0 amide bonds. The van der Waals surface area contributed by atoms with Crippen molar-refractivity contribution in [3.8, 4) is 0 Å². The van der Waals surface area contributed by atoms with Gasteiger partial charge < -0.3 is 4.74 Å². The van der Waals surface area contributed by atoms with Gasteiger partial charge in [-0.3, -0.25) is 0 Å². The van der Waals surface area contributed by atoms with Crippen molar-refractivity contribution in [3.05, 3.63) is 0 Å². The molecule has 1 spiro atoms. The van der Waals surface area contributed by atoms with Gasteiger partial charge in [-0.2, -0.15) is 9.78 Å². The summed E-state index contributed by atoms with van der Waals surface area (Å²) in [6, 6.07) is 0. The molecule has 1 heterocycles. The van der Waals surface area contributed by atoms with E-state index in [1.54, 1.807) is 0 Å². The van der Waals surface area contributed by atoms with E-state index in [1.165, 1.54) is 19.3 Å². The van der Waals surface area contributed by atoms with E-state index in [0.717, 1.165) is 12.8 Å². The van der Waals surface area contributed by atoms with E-state index < -0.39 is 11.6 Å². The molecule has 0 aromatic carbocycles. The molecule has 2 aliphatic rings. The van der Waals surface area contributed by atoms with Crippen LogP contribution in [0.5, 0.6) is 0 Å². The van der Waals surface area contributed by atoms with Crippen LogP contribution in [-0.4, -0.2) is 11.6 Å². The highest BCUT2D eigenvalue weighted by molar-refractivity contribution is 4.87. The summed E-state index contributed by atoms with van der Waals surface area (Å²) >= 11 is 0. The Bertz CT molecular complexity index is 238. The van der Waals surface area contributed by atoms with E-state index in [1.807, 2.05) is 6.92 Å². The van der Waals surface area contributed by atoms with Crippen molar-refractivity contribution in [3.63, 3.8) is 0 Å². The van der Waals surface area contributed by atoms with Gasteiger partial charge in [0.1, 0.15) is 0 Å². The molecule has 2 fully saturated rings. The number of hydrogen-bond donors (Lipinski definition) is 0. The van der Waals surface area contributed by atoms with E-state index in [0.29, 0.717) is 0 Å². The van der Waals surface area contributed by atoms with Crippen LogP contribution in [0.1, 0.15) is 59.8 Å². The second-order valence-electron chi connectivity index (χ2n) is 5.94. The highest BCUT2D eigenvalue weighted by atomic mass is 17.3. The van der Waals surface area contributed by atoms with Gasteiger partial charge in [-0.1, -0.05) is 27.2 Å². The van der Waals surface area contributed by atoms with Crippen molar-refractivity contribution in [2.45, 2.75) is 71.4 Å². The molecule has 2 rings (SSSR count). The smallest absolute Gasteiger partial charge is 0.206 e. The molecule has 1 saturated heterocycles. The monoisotopic (exact) mass is 214 g/mol. The molecule has 1 atom stereocenters. The fraction of sp³-hybridized carbons (Fsp3) is 1.00. The lowest BCUT2D eigenvalue weighted by atomic mass is 9.86. The van der Waals surface area contributed by atoms with Crippen LogP contribution in [0.4, 0.5) is 0 Å². The Kier molecular flexibility index (Phi) is 2.61. The van der Waals surface area contributed by atoms with Crippen molar-refractivity contribution in [2.75, 3.05) is 0 Å². The van der Waals surface area contributed by atoms with Crippen molar-refractivity contribution in [1.29, 1.82) is 0 Å². The summed E-state index contributed by atoms with van der Waals surface area (Å²) in [6.07, 6.45) is 5.53. The second kappa shape index (κ2) is 3.44.